The highest BCUT2D eigenvalue weighted by molar-refractivity contribution is 5.73. The first-order chi connectivity index (χ1) is 11.0. The first kappa shape index (κ1) is 14.5. The van der Waals surface area contributed by atoms with E-state index in [1.807, 2.05) is 0 Å². The molecule has 116 valence electrons. The number of non-ortho nitro benzene ring substituents is 1. The lowest BCUT2D eigenvalue weighted by Crippen LogP contribution is -2.42. The fourth-order valence-electron chi connectivity index (χ4n) is 2.41. The van der Waals surface area contributed by atoms with Gasteiger partial charge in [-0.15, -0.1) is 4.73 Å². The summed E-state index contributed by atoms with van der Waals surface area (Å²) in [4.78, 5) is 27.9. The van der Waals surface area contributed by atoms with Crippen molar-refractivity contribution in [1.29, 1.82) is 0 Å². The van der Waals surface area contributed by atoms with Crippen LogP contribution in [0.2, 0.25) is 0 Å². The van der Waals surface area contributed by atoms with Gasteiger partial charge >= 0.3 is 5.56 Å². The molecule has 2 aromatic carbocycles. The Balaban J connectivity index is 2.40. The van der Waals surface area contributed by atoms with Gasteiger partial charge in [0.2, 0.25) is 5.52 Å². The smallest absolute Gasteiger partial charge is 0.357 e. The van der Waals surface area contributed by atoms with E-state index in [2.05, 4.69) is 0 Å². The van der Waals surface area contributed by atoms with Gasteiger partial charge in [0.15, 0.2) is 5.52 Å². The lowest BCUT2D eigenvalue weighted by atomic mass is 10.1. The molecule has 0 spiro atoms. The van der Waals surface area contributed by atoms with E-state index in [0.717, 1.165) is 4.73 Å². The number of fused-ring (bicyclic) bond motifs is 1. The SMILES string of the molecule is COn1c(=O)c(-c2cccc([N+](=O)[O-])c2)[n+]([O-])c2ccccc21. The zero-order chi connectivity index (χ0) is 16.6. The molecule has 1 heterocycles. The normalized spacial score (nSPS) is 10.7. The third-order valence-electron chi connectivity index (χ3n) is 3.42. The highest BCUT2D eigenvalue weighted by Gasteiger charge is 2.24. The van der Waals surface area contributed by atoms with Crippen molar-refractivity contribution in [3.05, 3.63) is 74.2 Å². The number of nitrogens with zero attached hydrogens (tertiary/aromatic N) is 3. The van der Waals surface area contributed by atoms with Crippen LogP contribution in [-0.4, -0.2) is 16.8 Å². The molecule has 0 unspecified atom stereocenters. The molecule has 0 fully saturated rings. The highest BCUT2D eigenvalue weighted by Crippen LogP contribution is 2.20. The van der Waals surface area contributed by atoms with Crippen LogP contribution in [0.15, 0.2) is 53.3 Å². The molecule has 0 aliphatic carbocycles. The van der Waals surface area contributed by atoms with E-state index in [1.54, 1.807) is 18.2 Å². The van der Waals surface area contributed by atoms with Crippen molar-refractivity contribution in [3.8, 4) is 11.3 Å². The van der Waals surface area contributed by atoms with Crippen LogP contribution in [0.25, 0.3) is 22.3 Å². The van der Waals surface area contributed by atoms with E-state index >= 15 is 0 Å². The summed E-state index contributed by atoms with van der Waals surface area (Å²) in [6, 6.07) is 11.8. The molecule has 0 radical (unpaired) electrons. The van der Waals surface area contributed by atoms with Gasteiger partial charge in [-0.25, -0.2) is 0 Å². The van der Waals surface area contributed by atoms with E-state index in [1.165, 1.54) is 37.4 Å². The van der Waals surface area contributed by atoms with Gasteiger partial charge in [0, 0.05) is 18.2 Å². The van der Waals surface area contributed by atoms with Crippen molar-refractivity contribution in [1.82, 2.24) is 4.73 Å². The number of hydrogen-bond donors (Lipinski definition) is 0. The topological polar surface area (TPSA) is 101 Å². The molecule has 0 bridgehead atoms. The van der Waals surface area contributed by atoms with Crippen LogP contribution in [0.4, 0.5) is 5.69 Å². The molecule has 3 aromatic rings. The highest BCUT2D eigenvalue weighted by atomic mass is 16.7. The van der Waals surface area contributed by atoms with Crippen molar-refractivity contribution in [2.45, 2.75) is 0 Å². The molecule has 0 amide bonds. The Hall–Kier alpha value is -3.42. The van der Waals surface area contributed by atoms with E-state index in [-0.39, 0.29) is 22.5 Å². The molecule has 3 rings (SSSR count). The number of nitro groups is 1. The van der Waals surface area contributed by atoms with Crippen LogP contribution in [-0.2, 0) is 0 Å². The Bertz CT molecular complexity index is 980. The van der Waals surface area contributed by atoms with E-state index in [0.29, 0.717) is 10.2 Å². The van der Waals surface area contributed by atoms with Gasteiger partial charge in [0.25, 0.3) is 11.4 Å². The Labute approximate surface area is 129 Å². The lowest BCUT2D eigenvalue weighted by molar-refractivity contribution is -0.566. The quantitative estimate of drug-likeness (QED) is 0.313. The van der Waals surface area contributed by atoms with Crippen LogP contribution in [0.5, 0.6) is 0 Å². The average molecular weight is 313 g/mol. The summed E-state index contributed by atoms with van der Waals surface area (Å²) in [6.07, 6.45) is 0. The van der Waals surface area contributed by atoms with Crippen LogP contribution in [0.1, 0.15) is 0 Å². The molecule has 0 N–H and O–H groups in total. The summed E-state index contributed by atoms with van der Waals surface area (Å²) < 4.78 is 1.45. The Morgan fingerprint density at radius 3 is 2.61 bits per heavy atom. The number of benzene rings is 2. The average Bonchev–Trinajstić information content (AvgIpc) is 2.56. The Morgan fingerprint density at radius 1 is 1.17 bits per heavy atom. The Morgan fingerprint density at radius 2 is 1.91 bits per heavy atom. The number of para-hydroxylation sites is 2. The second kappa shape index (κ2) is 5.41. The number of hydrogen-bond acceptors (Lipinski definition) is 5. The van der Waals surface area contributed by atoms with Gasteiger partial charge in [0.1, 0.15) is 7.11 Å². The van der Waals surface area contributed by atoms with Crippen LogP contribution in [0.3, 0.4) is 0 Å². The van der Waals surface area contributed by atoms with Gasteiger partial charge in [-0.05, 0) is 12.1 Å². The maximum Gasteiger partial charge on any atom is 0.357 e. The summed E-state index contributed by atoms with van der Waals surface area (Å²) in [7, 11) is 1.31. The van der Waals surface area contributed by atoms with Crippen molar-refractivity contribution in [2.75, 3.05) is 7.11 Å². The Kier molecular flexibility index (Phi) is 3.41. The van der Waals surface area contributed by atoms with Crippen molar-refractivity contribution in [2.24, 2.45) is 0 Å². The summed E-state index contributed by atoms with van der Waals surface area (Å²) in [5, 5.41) is 23.5. The predicted octanol–water partition coefficient (Wildman–Crippen LogP) is 1.27. The van der Waals surface area contributed by atoms with Gasteiger partial charge in [0.05, 0.1) is 10.5 Å². The zero-order valence-corrected chi connectivity index (χ0v) is 12.0. The van der Waals surface area contributed by atoms with Crippen LogP contribution in [0, 0.1) is 15.3 Å². The minimum Gasteiger partial charge on any atom is -0.618 e. The summed E-state index contributed by atoms with van der Waals surface area (Å²) in [6.45, 7) is 0. The molecule has 0 atom stereocenters. The molecule has 0 saturated heterocycles. The maximum atomic E-state index is 12.6. The first-order valence-electron chi connectivity index (χ1n) is 6.61. The second-order valence-electron chi connectivity index (χ2n) is 4.72. The lowest BCUT2D eigenvalue weighted by Gasteiger charge is -2.11. The minimum atomic E-state index is -0.693. The summed E-state index contributed by atoms with van der Waals surface area (Å²) in [5.41, 5.74) is -0.467. The molecular weight excluding hydrogens is 302 g/mol. The zero-order valence-electron chi connectivity index (χ0n) is 12.0. The predicted molar refractivity (Wildman–Crippen MR) is 81.8 cm³/mol. The van der Waals surface area contributed by atoms with Crippen LogP contribution < -0.4 is 15.1 Å². The van der Waals surface area contributed by atoms with Crippen molar-refractivity contribution >= 4 is 16.7 Å². The van der Waals surface area contributed by atoms with E-state index < -0.39 is 10.5 Å². The third kappa shape index (κ3) is 2.26. The molecule has 8 nitrogen and oxygen atoms in total. The standard InChI is InChI=1S/C15H11N3O5/c1-23-17-13-8-3-2-7-12(13)16(20)14(15(17)19)10-5-4-6-11(9-10)18(21)22/h2-9H,1H3. The second-order valence-corrected chi connectivity index (χ2v) is 4.72. The van der Waals surface area contributed by atoms with Crippen molar-refractivity contribution in [3.63, 3.8) is 0 Å². The molecule has 1 aromatic heterocycles. The number of nitro benzene ring substituents is 1. The molecular formula is C15H11N3O5. The third-order valence-corrected chi connectivity index (χ3v) is 3.42. The van der Waals surface area contributed by atoms with Gasteiger partial charge in [-0.3, -0.25) is 14.9 Å². The molecule has 23 heavy (non-hydrogen) atoms. The van der Waals surface area contributed by atoms with E-state index in [4.69, 9.17) is 4.84 Å². The number of aromatic nitrogens is 2. The monoisotopic (exact) mass is 313 g/mol. The van der Waals surface area contributed by atoms with E-state index in [9.17, 15) is 20.1 Å². The van der Waals surface area contributed by atoms with Crippen LogP contribution >= 0.6 is 0 Å². The fraction of sp³-hybridized carbons (Fsp3) is 0.0667. The minimum absolute atomic E-state index is 0.149. The molecule has 0 aliphatic heterocycles. The van der Waals surface area contributed by atoms with Crippen molar-refractivity contribution < 1.29 is 14.5 Å². The van der Waals surface area contributed by atoms with Gasteiger partial charge in [-0.2, -0.15) is 4.73 Å². The molecule has 0 saturated carbocycles. The summed E-state index contributed by atoms with van der Waals surface area (Å²) >= 11 is 0. The molecule has 8 heteroatoms. The maximum absolute atomic E-state index is 12.6. The van der Waals surface area contributed by atoms with Gasteiger partial charge in [-0.1, -0.05) is 18.2 Å². The van der Waals surface area contributed by atoms with Gasteiger partial charge < -0.3 is 10.0 Å². The summed E-state index contributed by atoms with van der Waals surface area (Å²) in [5.74, 6) is 0. The largest absolute Gasteiger partial charge is 0.618 e. The molecule has 0 aliphatic rings. The first-order valence-corrected chi connectivity index (χ1v) is 6.61. The number of rotatable bonds is 3. The fourth-order valence-corrected chi connectivity index (χ4v) is 2.41.